The minimum absolute atomic E-state index is 0.0668. The van der Waals surface area contributed by atoms with Gasteiger partial charge in [0, 0.05) is 62.2 Å². The number of benzene rings is 2. The van der Waals surface area contributed by atoms with Gasteiger partial charge >= 0.3 is 5.97 Å². The van der Waals surface area contributed by atoms with E-state index in [1.54, 1.807) is 18.5 Å². The fourth-order valence-corrected chi connectivity index (χ4v) is 7.00. The summed E-state index contributed by atoms with van der Waals surface area (Å²) in [5.74, 6) is -1.17. The molecule has 5 aromatic rings. The first-order valence-corrected chi connectivity index (χ1v) is 16.8. The maximum Gasteiger partial charge on any atom is 0.320 e. The lowest BCUT2D eigenvalue weighted by atomic mass is 10.1. The van der Waals surface area contributed by atoms with Gasteiger partial charge in [0.25, 0.3) is 0 Å². The van der Waals surface area contributed by atoms with E-state index in [0.29, 0.717) is 43.9 Å². The van der Waals surface area contributed by atoms with E-state index in [1.165, 1.54) is 6.07 Å². The minimum Gasteiger partial charge on any atom is -0.460 e. The molecule has 2 fully saturated rings. The van der Waals surface area contributed by atoms with Crippen LogP contribution >= 0.6 is 11.6 Å². The first-order chi connectivity index (χ1) is 24.1. The third-order valence-electron chi connectivity index (χ3n) is 9.03. The van der Waals surface area contributed by atoms with Crippen LogP contribution in [0.1, 0.15) is 36.8 Å². The number of nitrogens with zero attached hydrogens (tertiary/aromatic N) is 8. The standard InChI is InChI=1S/C35H36ClF2N9O3/c1-20(2)47-27-9-23(32-26(38)13-42-35(39)44-32)8-25(37)33(27)43-30(47)10-24-15-46(18-31(48)49-19-21-6-4-3-5-7-21)28-16-45(17-29(28)50-24)14-22-11-40-34(36)41-12-22/h3-9,11-13,20,24,28-29H,10,14-19H2,1-2H3,(H2,39,42,44)/t24?,28-,29+/m0/s1. The molecular formula is C35H36ClF2N9O3. The van der Waals surface area contributed by atoms with Crippen LogP contribution in [0.5, 0.6) is 0 Å². The fourth-order valence-electron chi connectivity index (χ4n) is 6.90. The van der Waals surface area contributed by atoms with Crippen LogP contribution in [0, 0.1) is 11.6 Å². The number of likely N-dealkylation sites (tertiary alicyclic amines) is 1. The Labute approximate surface area is 292 Å². The van der Waals surface area contributed by atoms with Crippen LogP contribution in [-0.2, 0) is 33.8 Å². The molecule has 0 saturated carbocycles. The highest BCUT2D eigenvalue weighted by Crippen LogP contribution is 2.33. The Morgan fingerprint density at radius 1 is 1.02 bits per heavy atom. The summed E-state index contributed by atoms with van der Waals surface area (Å²) in [6, 6.07) is 12.2. The summed E-state index contributed by atoms with van der Waals surface area (Å²) in [4.78, 5) is 38.2. The van der Waals surface area contributed by atoms with Gasteiger partial charge in [0.15, 0.2) is 11.6 Å². The molecule has 2 aliphatic heterocycles. The monoisotopic (exact) mass is 703 g/mol. The number of hydrogen-bond donors (Lipinski definition) is 1. The van der Waals surface area contributed by atoms with Crippen molar-refractivity contribution in [2.75, 3.05) is 31.9 Å². The van der Waals surface area contributed by atoms with Gasteiger partial charge < -0.3 is 19.8 Å². The van der Waals surface area contributed by atoms with E-state index in [2.05, 4.69) is 29.7 Å². The predicted octanol–water partition coefficient (Wildman–Crippen LogP) is 4.62. The Hall–Kier alpha value is -4.63. The van der Waals surface area contributed by atoms with Crippen LogP contribution in [0.15, 0.2) is 61.1 Å². The zero-order valence-corrected chi connectivity index (χ0v) is 28.3. The molecule has 5 heterocycles. The first-order valence-electron chi connectivity index (χ1n) is 16.4. The van der Waals surface area contributed by atoms with E-state index in [0.717, 1.165) is 17.3 Å². The van der Waals surface area contributed by atoms with Gasteiger partial charge in [-0.05, 0) is 43.1 Å². The number of morpholine rings is 1. The summed E-state index contributed by atoms with van der Waals surface area (Å²) in [6.45, 7) is 6.51. The number of fused-ring (bicyclic) bond motifs is 2. The molecule has 7 rings (SSSR count). The highest BCUT2D eigenvalue weighted by Gasteiger charge is 2.44. The molecule has 2 aromatic carbocycles. The number of nitrogen functional groups attached to an aromatic ring is 1. The number of esters is 1. The van der Waals surface area contributed by atoms with Crippen LogP contribution in [0.2, 0.25) is 5.28 Å². The minimum atomic E-state index is -0.712. The summed E-state index contributed by atoms with van der Waals surface area (Å²) in [5.41, 5.74) is 8.32. The number of aromatic nitrogens is 6. The second kappa shape index (κ2) is 14.3. The van der Waals surface area contributed by atoms with Crippen molar-refractivity contribution in [3.8, 4) is 11.3 Å². The number of ether oxygens (including phenoxy) is 2. The van der Waals surface area contributed by atoms with Crippen LogP contribution in [0.3, 0.4) is 0 Å². The molecule has 0 aliphatic carbocycles. The van der Waals surface area contributed by atoms with E-state index < -0.39 is 11.6 Å². The van der Waals surface area contributed by atoms with Crippen molar-refractivity contribution in [2.45, 2.75) is 57.7 Å². The van der Waals surface area contributed by atoms with Crippen molar-refractivity contribution in [1.29, 1.82) is 0 Å². The molecule has 0 bridgehead atoms. The molecule has 260 valence electrons. The van der Waals surface area contributed by atoms with Gasteiger partial charge in [-0.2, -0.15) is 0 Å². The number of anilines is 1. The predicted molar refractivity (Wildman–Crippen MR) is 182 cm³/mol. The molecular weight excluding hydrogens is 668 g/mol. The molecule has 2 N–H and O–H groups in total. The quantitative estimate of drug-likeness (QED) is 0.161. The lowest BCUT2D eigenvalue weighted by molar-refractivity contribution is -0.152. The van der Waals surface area contributed by atoms with E-state index in [9.17, 15) is 9.18 Å². The summed E-state index contributed by atoms with van der Waals surface area (Å²) >= 11 is 5.90. The summed E-state index contributed by atoms with van der Waals surface area (Å²) < 4.78 is 44.6. The Balaban J connectivity index is 1.15. The van der Waals surface area contributed by atoms with E-state index in [4.69, 9.17) is 31.8 Å². The highest BCUT2D eigenvalue weighted by atomic mass is 35.5. The topological polar surface area (TPSA) is 137 Å². The van der Waals surface area contributed by atoms with Crippen LogP contribution in [-0.4, -0.2) is 89.7 Å². The Bertz CT molecular complexity index is 2000. The molecule has 50 heavy (non-hydrogen) atoms. The number of hydrogen-bond acceptors (Lipinski definition) is 11. The smallest absolute Gasteiger partial charge is 0.320 e. The van der Waals surface area contributed by atoms with Crippen molar-refractivity contribution >= 4 is 34.6 Å². The van der Waals surface area contributed by atoms with Crippen molar-refractivity contribution in [3.63, 3.8) is 0 Å². The highest BCUT2D eigenvalue weighted by molar-refractivity contribution is 6.28. The fraction of sp³-hybridized carbons (Fsp3) is 0.371. The Kier molecular flexibility index (Phi) is 9.69. The average molecular weight is 704 g/mol. The summed E-state index contributed by atoms with van der Waals surface area (Å²) in [6.07, 6.45) is 4.14. The van der Waals surface area contributed by atoms with Gasteiger partial charge in [0.1, 0.15) is 23.6 Å². The molecule has 2 aliphatic rings. The van der Waals surface area contributed by atoms with Gasteiger partial charge in [-0.1, -0.05) is 30.3 Å². The molecule has 3 aromatic heterocycles. The summed E-state index contributed by atoms with van der Waals surface area (Å²) in [5, 5.41) is 0.185. The number of nitrogens with two attached hydrogens (primary N) is 1. The van der Waals surface area contributed by atoms with Crippen LogP contribution in [0.4, 0.5) is 14.7 Å². The Morgan fingerprint density at radius 3 is 2.56 bits per heavy atom. The number of rotatable bonds is 10. The number of halogens is 3. The molecule has 0 radical (unpaired) electrons. The van der Waals surface area contributed by atoms with Gasteiger partial charge in [-0.25, -0.2) is 33.7 Å². The van der Waals surface area contributed by atoms with Gasteiger partial charge in [-0.15, -0.1) is 0 Å². The van der Waals surface area contributed by atoms with E-state index in [-0.39, 0.29) is 71.4 Å². The van der Waals surface area contributed by atoms with Crippen molar-refractivity contribution in [3.05, 3.63) is 94.9 Å². The summed E-state index contributed by atoms with van der Waals surface area (Å²) in [7, 11) is 0. The average Bonchev–Trinajstić information content (AvgIpc) is 3.67. The lowest BCUT2D eigenvalue weighted by Gasteiger charge is -2.40. The number of imidazole rings is 1. The van der Waals surface area contributed by atoms with Gasteiger partial charge in [-0.3, -0.25) is 14.6 Å². The van der Waals surface area contributed by atoms with E-state index in [1.807, 2.05) is 48.7 Å². The van der Waals surface area contributed by atoms with Crippen molar-refractivity contribution < 1.29 is 23.0 Å². The molecule has 1 unspecified atom stereocenters. The Morgan fingerprint density at radius 2 is 1.80 bits per heavy atom. The third kappa shape index (κ3) is 7.29. The SMILES string of the molecule is CC(C)n1c(CC2CN(CC(=O)OCc3ccccc3)[C@H]3CN(Cc4cnc(Cl)nc4)C[C@H]3O2)nc2c(F)cc(-c3nc(N)ncc3F)cc21. The second-order valence-electron chi connectivity index (χ2n) is 12.9. The van der Waals surface area contributed by atoms with Gasteiger partial charge in [0.2, 0.25) is 11.2 Å². The first kappa shape index (κ1) is 33.8. The lowest BCUT2D eigenvalue weighted by Crippen LogP contribution is -2.56. The van der Waals surface area contributed by atoms with Crippen LogP contribution < -0.4 is 5.73 Å². The van der Waals surface area contributed by atoms with Gasteiger partial charge in [0.05, 0.1) is 36.5 Å². The number of carbonyl (C=O) groups is 1. The zero-order valence-electron chi connectivity index (χ0n) is 27.5. The maximum absolute atomic E-state index is 15.6. The normalized spacial score (nSPS) is 19.7. The van der Waals surface area contributed by atoms with Crippen LogP contribution in [0.25, 0.3) is 22.3 Å². The molecule has 12 nitrogen and oxygen atoms in total. The number of carbonyl (C=O) groups excluding carboxylic acids is 1. The zero-order chi connectivity index (χ0) is 34.9. The largest absolute Gasteiger partial charge is 0.460 e. The molecule has 3 atom stereocenters. The van der Waals surface area contributed by atoms with E-state index >= 15 is 4.39 Å². The van der Waals surface area contributed by atoms with Crippen molar-refractivity contribution in [1.82, 2.24) is 39.3 Å². The maximum atomic E-state index is 15.6. The molecule has 15 heteroatoms. The second-order valence-corrected chi connectivity index (χ2v) is 13.3. The van der Waals surface area contributed by atoms with Crippen molar-refractivity contribution in [2.24, 2.45) is 0 Å². The molecule has 0 spiro atoms. The molecule has 2 saturated heterocycles. The molecule has 0 amide bonds. The third-order valence-corrected chi connectivity index (χ3v) is 9.22.